The van der Waals surface area contributed by atoms with Gasteiger partial charge in [-0.25, -0.2) is 13.2 Å². The molecule has 1 aliphatic carbocycles. The van der Waals surface area contributed by atoms with E-state index in [4.69, 9.17) is 11.0 Å². The van der Waals surface area contributed by atoms with Crippen LogP contribution >= 0.6 is 11.9 Å². The van der Waals surface area contributed by atoms with Crippen LogP contribution in [0.1, 0.15) is 38.2 Å². The number of hydrogen-bond donors (Lipinski definition) is 2. The molecular formula is C28H32FN7S. The molecule has 1 saturated carbocycles. The summed E-state index contributed by atoms with van der Waals surface area (Å²) in [7, 11) is 1.78. The minimum absolute atomic E-state index is 0.0152. The number of hydrogen-bond acceptors (Lipinski definition) is 6. The van der Waals surface area contributed by atoms with Crippen molar-refractivity contribution in [3.63, 3.8) is 0 Å². The second-order valence-electron chi connectivity index (χ2n) is 9.28. The fourth-order valence-corrected chi connectivity index (χ4v) is 4.88. The summed E-state index contributed by atoms with van der Waals surface area (Å²) in [5.74, 6) is 0.992. The molecule has 1 fully saturated rings. The van der Waals surface area contributed by atoms with Gasteiger partial charge in [-0.05, 0) is 60.5 Å². The summed E-state index contributed by atoms with van der Waals surface area (Å²) >= 11 is 1.52. The van der Waals surface area contributed by atoms with E-state index >= 15 is 0 Å². The van der Waals surface area contributed by atoms with Gasteiger partial charge in [0.2, 0.25) is 0 Å². The molecule has 192 valence electrons. The van der Waals surface area contributed by atoms with E-state index in [0.29, 0.717) is 17.4 Å². The molecule has 2 atom stereocenters. The van der Waals surface area contributed by atoms with Gasteiger partial charge < -0.3 is 11.1 Å². The quantitative estimate of drug-likeness (QED) is 0.332. The zero-order chi connectivity index (χ0) is 26.4. The number of benzene rings is 2. The van der Waals surface area contributed by atoms with Crippen LogP contribution < -0.4 is 11.1 Å². The second kappa shape index (κ2) is 12.1. The Morgan fingerprint density at radius 1 is 1.14 bits per heavy atom. The molecule has 0 aliphatic heterocycles. The van der Waals surface area contributed by atoms with Crippen LogP contribution in [0.25, 0.3) is 28.1 Å². The Morgan fingerprint density at radius 3 is 2.59 bits per heavy atom. The Hall–Kier alpha value is -3.61. The highest BCUT2D eigenvalue weighted by Crippen LogP contribution is 2.29. The Kier molecular flexibility index (Phi) is 8.64. The van der Waals surface area contributed by atoms with Crippen LogP contribution in [-0.2, 0) is 0 Å². The van der Waals surface area contributed by atoms with Gasteiger partial charge in [0.1, 0.15) is 17.7 Å². The third-order valence-corrected chi connectivity index (χ3v) is 7.07. The maximum atomic E-state index is 14.2. The third kappa shape index (κ3) is 6.40. The predicted octanol–water partition coefficient (Wildman–Crippen LogP) is 6.11. The lowest BCUT2D eigenvalue weighted by molar-refractivity contribution is 0.344. The van der Waals surface area contributed by atoms with Crippen molar-refractivity contribution < 1.29 is 4.39 Å². The van der Waals surface area contributed by atoms with E-state index in [1.165, 1.54) is 49.8 Å². The van der Waals surface area contributed by atoms with E-state index in [1.807, 2.05) is 55.1 Å². The molecule has 5 rings (SSSR count). The molecule has 1 aliphatic rings. The average molecular weight is 518 g/mol. The van der Waals surface area contributed by atoms with Crippen molar-refractivity contribution in [2.24, 2.45) is 11.7 Å². The highest BCUT2D eigenvalue weighted by molar-refractivity contribution is 7.97. The molecule has 2 aromatic carbocycles. The first-order valence-corrected chi connectivity index (χ1v) is 13.5. The first-order valence-electron chi connectivity index (χ1n) is 12.3. The number of nitrogens with one attached hydrogen (secondary N) is 1. The molecule has 0 bridgehead atoms. The molecule has 2 aromatic heterocycles. The number of halogens is 1. The maximum absolute atomic E-state index is 14.2. The van der Waals surface area contributed by atoms with Crippen molar-refractivity contribution in [3.05, 3.63) is 72.3 Å². The molecule has 9 heteroatoms. The van der Waals surface area contributed by atoms with E-state index in [0.717, 1.165) is 28.4 Å². The van der Waals surface area contributed by atoms with Crippen molar-refractivity contribution in [1.29, 1.82) is 5.26 Å². The van der Waals surface area contributed by atoms with E-state index in [2.05, 4.69) is 22.4 Å². The Morgan fingerprint density at radius 2 is 1.97 bits per heavy atom. The molecule has 4 aromatic rings. The molecule has 0 saturated heterocycles. The number of nitrogens with zero attached hydrogens (tertiary/aromatic N) is 5. The molecule has 37 heavy (non-hydrogen) atoms. The Bertz CT molecular complexity index is 1380. The van der Waals surface area contributed by atoms with Crippen LogP contribution in [0.15, 0.2) is 60.9 Å². The SMILES string of the molecule is CC1CCC[C@H](N)C1.CNc1cc(-c2ccc(C#N)c(F)c2)n(-c2cccc(-c3cnn(SC)c3)c2)n1. The summed E-state index contributed by atoms with van der Waals surface area (Å²) < 4.78 is 17.8. The van der Waals surface area contributed by atoms with Crippen LogP contribution in [0.5, 0.6) is 0 Å². The van der Waals surface area contributed by atoms with Gasteiger partial charge >= 0.3 is 0 Å². The van der Waals surface area contributed by atoms with Crippen LogP contribution in [0.3, 0.4) is 0 Å². The highest BCUT2D eigenvalue weighted by Gasteiger charge is 2.15. The molecule has 0 radical (unpaired) electrons. The van der Waals surface area contributed by atoms with Gasteiger partial charge in [-0.1, -0.05) is 38.0 Å². The van der Waals surface area contributed by atoms with Gasteiger partial charge in [-0.15, -0.1) is 5.10 Å². The van der Waals surface area contributed by atoms with Crippen molar-refractivity contribution in [2.45, 2.75) is 38.6 Å². The summed E-state index contributed by atoms with van der Waals surface area (Å²) in [6.45, 7) is 2.29. The van der Waals surface area contributed by atoms with Gasteiger partial charge in [0.05, 0.1) is 23.1 Å². The van der Waals surface area contributed by atoms with Gasteiger partial charge in [0, 0.05) is 42.7 Å². The zero-order valence-corrected chi connectivity index (χ0v) is 22.2. The third-order valence-electron chi connectivity index (χ3n) is 6.50. The van der Waals surface area contributed by atoms with Crippen LogP contribution in [-0.4, -0.2) is 38.3 Å². The number of aromatic nitrogens is 4. The smallest absolute Gasteiger partial charge is 0.148 e. The molecule has 1 unspecified atom stereocenters. The number of nitriles is 1. The molecule has 0 amide bonds. The van der Waals surface area contributed by atoms with Crippen LogP contribution in [0, 0.1) is 23.1 Å². The monoisotopic (exact) mass is 517 g/mol. The highest BCUT2D eigenvalue weighted by atomic mass is 32.2. The van der Waals surface area contributed by atoms with E-state index < -0.39 is 5.82 Å². The fourth-order valence-electron chi connectivity index (χ4n) is 4.52. The Labute approximate surface area is 221 Å². The van der Waals surface area contributed by atoms with E-state index in [-0.39, 0.29) is 5.56 Å². The zero-order valence-electron chi connectivity index (χ0n) is 21.4. The Balaban J connectivity index is 0.000000342. The predicted molar refractivity (Wildman–Crippen MR) is 149 cm³/mol. The first-order chi connectivity index (χ1) is 17.9. The van der Waals surface area contributed by atoms with Gasteiger partial charge in [-0.3, -0.25) is 0 Å². The lowest BCUT2D eigenvalue weighted by Gasteiger charge is -2.22. The van der Waals surface area contributed by atoms with E-state index in [9.17, 15) is 4.39 Å². The lowest BCUT2D eigenvalue weighted by Crippen LogP contribution is -2.26. The van der Waals surface area contributed by atoms with Crippen molar-refractivity contribution in [2.75, 3.05) is 18.6 Å². The van der Waals surface area contributed by atoms with Gasteiger partial charge in [0.25, 0.3) is 0 Å². The van der Waals surface area contributed by atoms with Gasteiger partial charge in [-0.2, -0.15) is 10.4 Å². The van der Waals surface area contributed by atoms with Gasteiger partial charge in [0.15, 0.2) is 0 Å². The molecule has 0 spiro atoms. The summed E-state index contributed by atoms with van der Waals surface area (Å²) in [6.07, 6.45) is 11.0. The van der Waals surface area contributed by atoms with Crippen molar-refractivity contribution in [1.82, 2.24) is 19.0 Å². The molecule has 7 nitrogen and oxygen atoms in total. The standard InChI is InChI=1S/C21H17FN6S.C7H15N/c1-24-21-10-20(15-6-7-16(11-23)19(22)9-15)28(26-21)18-5-3-4-14(8-18)17-12-25-27(13-17)29-2;1-6-3-2-4-7(8)5-6/h3-10,12-13H,1-2H3,(H,24,26);6-7H,2-5,8H2,1H3/t;6?,7-/m.0/s1. The van der Waals surface area contributed by atoms with Crippen molar-refractivity contribution in [3.8, 4) is 34.1 Å². The maximum Gasteiger partial charge on any atom is 0.148 e. The van der Waals surface area contributed by atoms with E-state index in [1.54, 1.807) is 21.9 Å². The number of anilines is 1. The first kappa shape index (κ1) is 26.5. The molecule has 3 N–H and O–H groups in total. The lowest BCUT2D eigenvalue weighted by atomic mass is 9.88. The van der Waals surface area contributed by atoms with Crippen LogP contribution in [0.2, 0.25) is 0 Å². The molecule has 2 heterocycles. The normalized spacial score (nSPS) is 17.0. The average Bonchev–Trinajstić information content (AvgIpc) is 3.57. The summed E-state index contributed by atoms with van der Waals surface area (Å²) in [5.41, 5.74) is 9.92. The fraction of sp³-hybridized carbons (Fsp3) is 0.321. The summed E-state index contributed by atoms with van der Waals surface area (Å²) in [4.78, 5) is 0. The number of nitrogens with two attached hydrogens (primary N) is 1. The largest absolute Gasteiger partial charge is 0.372 e. The molecular weight excluding hydrogens is 485 g/mol. The summed E-state index contributed by atoms with van der Waals surface area (Å²) in [6, 6.07) is 16.7. The van der Waals surface area contributed by atoms with Crippen LogP contribution in [0.4, 0.5) is 10.2 Å². The van der Waals surface area contributed by atoms with Crippen molar-refractivity contribution >= 4 is 17.8 Å². The topological polar surface area (TPSA) is 97.5 Å². The second-order valence-corrected chi connectivity index (χ2v) is 10.0. The summed E-state index contributed by atoms with van der Waals surface area (Å²) in [5, 5.41) is 20.9. The minimum Gasteiger partial charge on any atom is -0.372 e. The number of rotatable bonds is 5. The minimum atomic E-state index is -0.554.